The van der Waals surface area contributed by atoms with E-state index in [1.807, 2.05) is 19.9 Å². The van der Waals surface area contributed by atoms with Gasteiger partial charge in [-0.25, -0.2) is 4.98 Å². The fourth-order valence-electron chi connectivity index (χ4n) is 5.04. The highest BCUT2D eigenvalue weighted by Crippen LogP contribution is 2.32. The molecule has 3 atom stereocenters. The lowest BCUT2D eigenvalue weighted by Gasteiger charge is -2.38. The average Bonchev–Trinajstić information content (AvgIpc) is 2.91. The number of hydrogen-bond acceptors (Lipinski definition) is 7. The number of pyridine rings is 1. The number of rotatable bonds is 7. The van der Waals surface area contributed by atoms with Crippen molar-refractivity contribution in [1.29, 1.82) is 0 Å². The molecule has 3 heterocycles. The minimum absolute atomic E-state index is 0.0270. The lowest BCUT2D eigenvalue weighted by atomic mass is 9.93. The molecule has 4 rings (SSSR count). The van der Waals surface area contributed by atoms with Gasteiger partial charge in [-0.15, -0.1) is 0 Å². The van der Waals surface area contributed by atoms with Crippen molar-refractivity contribution in [3.8, 4) is 5.88 Å². The summed E-state index contributed by atoms with van der Waals surface area (Å²) in [5.74, 6) is 0.0664. The zero-order valence-corrected chi connectivity index (χ0v) is 21.8. The number of ether oxygens (including phenoxy) is 2. The molecule has 9 heteroatoms. The topological polar surface area (TPSA) is 95.4 Å². The molecule has 1 aliphatic carbocycles. The standard InChI is InChI=1S/C27H40N4O5/c1-19-15-31(20(2)18-32)27(34)23-13-22(21-7-5-4-6-8-21)14-28-26(23)36-24(19)16-29(3)25(33)17-30-9-11-35-12-10-30/h7,13-14,19-20,24,32H,4-6,8-12,15-18H2,1-3H3/t19-,20-,24+/m1/s1. The number of aromatic nitrogens is 1. The number of nitrogens with zero attached hydrogens (tertiary/aromatic N) is 4. The monoisotopic (exact) mass is 500 g/mol. The van der Waals surface area contributed by atoms with E-state index >= 15 is 0 Å². The first-order valence-corrected chi connectivity index (χ1v) is 13.2. The Morgan fingerprint density at radius 2 is 2.08 bits per heavy atom. The minimum Gasteiger partial charge on any atom is -0.472 e. The molecule has 0 spiro atoms. The van der Waals surface area contributed by atoms with Crippen molar-refractivity contribution in [1.82, 2.24) is 19.7 Å². The van der Waals surface area contributed by atoms with Gasteiger partial charge in [0.25, 0.3) is 5.91 Å². The highest BCUT2D eigenvalue weighted by molar-refractivity contribution is 5.97. The Balaban J connectivity index is 1.57. The van der Waals surface area contributed by atoms with Crippen molar-refractivity contribution in [2.45, 2.75) is 51.7 Å². The third-order valence-electron chi connectivity index (χ3n) is 7.52. The minimum atomic E-state index is -0.351. The molecule has 1 N–H and O–H groups in total. The molecule has 198 valence electrons. The second kappa shape index (κ2) is 12.2. The molecule has 1 aromatic heterocycles. The van der Waals surface area contributed by atoms with E-state index in [4.69, 9.17) is 9.47 Å². The van der Waals surface area contributed by atoms with E-state index < -0.39 is 0 Å². The largest absolute Gasteiger partial charge is 0.472 e. The summed E-state index contributed by atoms with van der Waals surface area (Å²) in [5.41, 5.74) is 2.58. The highest BCUT2D eigenvalue weighted by Gasteiger charge is 2.35. The molecule has 3 aliphatic rings. The predicted molar refractivity (Wildman–Crippen MR) is 137 cm³/mol. The number of likely N-dealkylation sites (N-methyl/N-ethyl adjacent to an activating group) is 1. The van der Waals surface area contributed by atoms with Gasteiger partial charge in [0, 0.05) is 38.8 Å². The van der Waals surface area contributed by atoms with E-state index in [0.717, 1.165) is 37.9 Å². The normalized spacial score (nSPS) is 24.2. The zero-order valence-electron chi connectivity index (χ0n) is 21.8. The molecule has 2 aliphatic heterocycles. The summed E-state index contributed by atoms with van der Waals surface area (Å²) in [4.78, 5) is 36.7. The van der Waals surface area contributed by atoms with Crippen LogP contribution in [0.2, 0.25) is 0 Å². The maximum absolute atomic E-state index is 13.6. The summed E-state index contributed by atoms with van der Waals surface area (Å²) < 4.78 is 11.7. The van der Waals surface area contributed by atoms with Crippen LogP contribution in [0, 0.1) is 5.92 Å². The van der Waals surface area contributed by atoms with Gasteiger partial charge in [-0.1, -0.05) is 13.0 Å². The second-order valence-corrected chi connectivity index (χ2v) is 10.3. The average molecular weight is 501 g/mol. The molecular formula is C27H40N4O5. The van der Waals surface area contributed by atoms with Crippen LogP contribution in [0.1, 0.15) is 55.5 Å². The van der Waals surface area contributed by atoms with E-state index in [-0.39, 0.29) is 36.5 Å². The third-order valence-corrected chi connectivity index (χ3v) is 7.52. The van der Waals surface area contributed by atoms with Gasteiger partial charge >= 0.3 is 0 Å². The first-order valence-electron chi connectivity index (χ1n) is 13.2. The summed E-state index contributed by atoms with van der Waals surface area (Å²) in [6.45, 7) is 7.68. The molecule has 2 amide bonds. The number of carbonyl (C=O) groups is 2. The highest BCUT2D eigenvalue weighted by atomic mass is 16.5. The zero-order chi connectivity index (χ0) is 25.7. The van der Waals surface area contributed by atoms with Crippen LogP contribution in [0.15, 0.2) is 18.3 Å². The van der Waals surface area contributed by atoms with Gasteiger partial charge in [0.15, 0.2) is 0 Å². The van der Waals surface area contributed by atoms with Crippen molar-refractivity contribution in [2.75, 3.05) is 59.6 Å². The second-order valence-electron chi connectivity index (χ2n) is 10.3. The molecule has 1 aromatic rings. The Hall–Kier alpha value is -2.49. The Morgan fingerprint density at radius 1 is 1.31 bits per heavy atom. The summed E-state index contributed by atoms with van der Waals surface area (Å²) in [6, 6.07) is 1.55. The van der Waals surface area contributed by atoms with Gasteiger partial charge in [0.1, 0.15) is 11.7 Å². The van der Waals surface area contributed by atoms with Crippen LogP contribution in [-0.2, 0) is 9.53 Å². The maximum Gasteiger partial charge on any atom is 0.259 e. The molecule has 1 saturated heterocycles. The first-order chi connectivity index (χ1) is 17.4. The van der Waals surface area contributed by atoms with Crippen molar-refractivity contribution in [2.24, 2.45) is 5.92 Å². The molecule has 1 fully saturated rings. The van der Waals surface area contributed by atoms with Crippen LogP contribution >= 0.6 is 0 Å². The molecule has 0 radical (unpaired) electrons. The lowest BCUT2D eigenvalue weighted by Crippen LogP contribution is -2.51. The van der Waals surface area contributed by atoms with E-state index in [0.29, 0.717) is 44.3 Å². The number of aliphatic hydroxyl groups excluding tert-OH is 1. The Labute approximate surface area is 214 Å². The number of aliphatic hydroxyl groups is 1. The van der Waals surface area contributed by atoms with Gasteiger partial charge in [-0.2, -0.15) is 0 Å². The molecule has 0 bridgehead atoms. The molecule has 36 heavy (non-hydrogen) atoms. The fourth-order valence-corrected chi connectivity index (χ4v) is 5.04. The first kappa shape index (κ1) is 26.6. The van der Waals surface area contributed by atoms with E-state index in [9.17, 15) is 14.7 Å². The van der Waals surface area contributed by atoms with Gasteiger partial charge in [-0.05, 0) is 49.8 Å². The Bertz CT molecular complexity index is 961. The number of allylic oxidation sites excluding steroid dienone is 2. The number of fused-ring (bicyclic) bond motifs is 1. The summed E-state index contributed by atoms with van der Waals surface area (Å²) in [5, 5.41) is 9.88. The molecule has 9 nitrogen and oxygen atoms in total. The summed E-state index contributed by atoms with van der Waals surface area (Å²) >= 11 is 0. The molecule has 0 saturated carbocycles. The molecule has 0 unspecified atom stereocenters. The van der Waals surface area contributed by atoms with E-state index in [2.05, 4.69) is 16.0 Å². The van der Waals surface area contributed by atoms with Crippen molar-refractivity contribution in [3.63, 3.8) is 0 Å². The number of hydrogen-bond donors (Lipinski definition) is 1. The predicted octanol–water partition coefficient (Wildman–Crippen LogP) is 2.05. The Morgan fingerprint density at radius 3 is 2.78 bits per heavy atom. The van der Waals surface area contributed by atoms with Crippen LogP contribution in [0.5, 0.6) is 5.88 Å². The number of amides is 2. The van der Waals surface area contributed by atoms with Gasteiger partial charge in [-0.3, -0.25) is 14.5 Å². The third kappa shape index (κ3) is 6.25. The quantitative estimate of drug-likeness (QED) is 0.612. The van der Waals surface area contributed by atoms with Crippen LogP contribution in [0.3, 0.4) is 0 Å². The fraction of sp³-hybridized carbons (Fsp3) is 0.667. The number of carbonyl (C=O) groups excluding carboxylic acids is 2. The van der Waals surface area contributed by atoms with Gasteiger partial charge < -0.3 is 24.4 Å². The van der Waals surface area contributed by atoms with Gasteiger partial charge in [0.05, 0.1) is 39.0 Å². The molecule has 0 aromatic carbocycles. The Kier molecular flexibility index (Phi) is 8.98. The van der Waals surface area contributed by atoms with Crippen molar-refractivity contribution < 1.29 is 24.2 Å². The van der Waals surface area contributed by atoms with E-state index in [1.54, 1.807) is 23.0 Å². The van der Waals surface area contributed by atoms with Crippen LogP contribution in [-0.4, -0.2) is 108 Å². The summed E-state index contributed by atoms with van der Waals surface area (Å²) in [7, 11) is 1.80. The lowest BCUT2D eigenvalue weighted by molar-refractivity contribution is -0.133. The van der Waals surface area contributed by atoms with Crippen LogP contribution in [0.4, 0.5) is 0 Å². The molecular weight excluding hydrogens is 460 g/mol. The maximum atomic E-state index is 13.6. The van der Waals surface area contributed by atoms with Crippen molar-refractivity contribution >= 4 is 17.4 Å². The summed E-state index contributed by atoms with van der Waals surface area (Å²) in [6.07, 6.45) is 8.00. The van der Waals surface area contributed by atoms with Gasteiger partial charge in [0.2, 0.25) is 11.8 Å². The number of morpholine rings is 1. The van der Waals surface area contributed by atoms with E-state index in [1.165, 1.54) is 12.0 Å². The van der Waals surface area contributed by atoms with Crippen molar-refractivity contribution in [3.05, 3.63) is 29.5 Å². The van der Waals surface area contributed by atoms with Crippen LogP contribution in [0.25, 0.3) is 5.57 Å². The smallest absolute Gasteiger partial charge is 0.259 e. The SMILES string of the molecule is C[C@@H]1CN([C@H](C)CO)C(=O)c2cc(C3=CCCCC3)cnc2O[C@H]1CN(C)C(=O)CN1CCOCC1. The van der Waals surface area contributed by atoms with Crippen LogP contribution < -0.4 is 4.74 Å².